The van der Waals surface area contributed by atoms with E-state index >= 15 is 0 Å². The van der Waals surface area contributed by atoms with Gasteiger partial charge >= 0.3 is 0 Å². The number of unbranched alkanes of at least 4 members (excludes halogenated alkanes) is 1. The molecule has 2 aliphatic heterocycles. The summed E-state index contributed by atoms with van der Waals surface area (Å²) in [5, 5.41) is 4.23. The predicted octanol–water partition coefficient (Wildman–Crippen LogP) is 2.55. The van der Waals surface area contributed by atoms with Gasteiger partial charge in [-0.1, -0.05) is 13.3 Å². The van der Waals surface area contributed by atoms with E-state index in [4.69, 9.17) is 0 Å². The van der Waals surface area contributed by atoms with Crippen LogP contribution in [-0.4, -0.2) is 57.6 Å². The molecular weight excluding hydrogens is 316 g/mol. The number of carbonyl (C=O) groups excluding carboxylic acids is 2. The molecule has 0 saturated carbocycles. The van der Waals surface area contributed by atoms with Crippen molar-refractivity contribution in [3.63, 3.8) is 0 Å². The lowest BCUT2D eigenvalue weighted by Gasteiger charge is -2.48. The summed E-state index contributed by atoms with van der Waals surface area (Å²) in [6, 6.07) is 1.81. The molecule has 0 radical (unpaired) electrons. The molecule has 2 amide bonds. The molecule has 2 aliphatic rings. The summed E-state index contributed by atoms with van der Waals surface area (Å²) >= 11 is 0. The SMILES string of the molecule is CCCCN1CC2(CCCN(C(=O)c3ccnn3CC)C2)CCC1=O. The first-order chi connectivity index (χ1) is 12.1. The summed E-state index contributed by atoms with van der Waals surface area (Å²) in [6.07, 6.45) is 7.51. The second-order valence-electron chi connectivity index (χ2n) is 7.53. The van der Waals surface area contributed by atoms with Crippen LogP contribution >= 0.6 is 0 Å². The van der Waals surface area contributed by atoms with Crippen molar-refractivity contribution in [3.8, 4) is 0 Å². The minimum Gasteiger partial charge on any atom is -0.342 e. The standard InChI is InChI=1S/C19H30N4O2/c1-3-5-12-21-14-19(10-7-17(21)24)9-6-13-22(15-19)18(25)16-8-11-20-23(16)4-2/h8,11H,3-7,9-10,12-15H2,1-2H3. The summed E-state index contributed by atoms with van der Waals surface area (Å²) in [7, 11) is 0. The van der Waals surface area contributed by atoms with Crippen LogP contribution in [0.4, 0.5) is 0 Å². The molecule has 3 heterocycles. The highest BCUT2D eigenvalue weighted by Gasteiger charge is 2.42. The maximum absolute atomic E-state index is 13.0. The zero-order chi connectivity index (χ0) is 17.9. The highest BCUT2D eigenvalue weighted by atomic mass is 16.2. The Balaban J connectivity index is 1.71. The first kappa shape index (κ1) is 18.0. The van der Waals surface area contributed by atoms with Crippen LogP contribution in [0, 0.1) is 5.41 Å². The summed E-state index contributed by atoms with van der Waals surface area (Å²) < 4.78 is 1.77. The van der Waals surface area contributed by atoms with Crippen LogP contribution in [0.3, 0.4) is 0 Å². The summed E-state index contributed by atoms with van der Waals surface area (Å²) in [4.78, 5) is 29.2. The van der Waals surface area contributed by atoms with E-state index in [9.17, 15) is 9.59 Å². The lowest BCUT2D eigenvalue weighted by Crippen LogP contribution is -2.55. The van der Waals surface area contributed by atoms with Gasteiger partial charge in [-0.25, -0.2) is 0 Å². The van der Waals surface area contributed by atoms with Gasteiger partial charge in [-0.15, -0.1) is 0 Å². The average Bonchev–Trinajstić information content (AvgIpc) is 3.11. The van der Waals surface area contributed by atoms with Gasteiger partial charge in [0.05, 0.1) is 0 Å². The number of aryl methyl sites for hydroxylation is 1. The third-order valence-electron chi connectivity index (χ3n) is 5.71. The number of nitrogens with zero attached hydrogens (tertiary/aromatic N) is 4. The highest BCUT2D eigenvalue weighted by molar-refractivity contribution is 5.92. The molecule has 0 aromatic carbocycles. The van der Waals surface area contributed by atoms with Crippen molar-refractivity contribution in [3.05, 3.63) is 18.0 Å². The number of amides is 2. The largest absolute Gasteiger partial charge is 0.342 e. The predicted molar refractivity (Wildman–Crippen MR) is 96.2 cm³/mol. The summed E-state index contributed by atoms with van der Waals surface area (Å²) in [5.41, 5.74) is 0.751. The molecule has 0 bridgehead atoms. The number of aromatic nitrogens is 2. The Kier molecular flexibility index (Phi) is 5.45. The van der Waals surface area contributed by atoms with Gasteiger partial charge in [0.2, 0.25) is 5.91 Å². The van der Waals surface area contributed by atoms with E-state index in [1.54, 1.807) is 10.9 Å². The lowest BCUT2D eigenvalue weighted by molar-refractivity contribution is -0.139. The molecule has 1 atom stereocenters. The second-order valence-corrected chi connectivity index (χ2v) is 7.53. The minimum atomic E-state index is 0.0760. The van der Waals surface area contributed by atoms with Gasteiger partial charge < -0.3 is 9.80 Å². The fourth-order valence-electron chi connectivity index (χ4n) is 4.30. The van der Waals surface area contributed by atoms with Gasteiger partial charge in [-0.05, 0) is 38.7 Å². The molecule has 2 saturated heterocycles. The van der Waals surface area contributed by atoms with Crippen molar-refractivity contribution < 1.29 is 9.59 Å². The second kappa shape index (κ2) is 7.58. The fraction of sp³-hybridized carbons (Fsp3) is 0.737. The van der Waals surface area contributed by atoms with Crippen LogP contribution in [-0.2, 0) is 11.3 Å². The number of rotatable bonds is 5. The molecule has 138 valence electrons. The molecule has 1 spiro atoms. The molecule has 3 rings (SSSR count). The number of piperidine rings is 2. The van der Waals surface area contributed by atoms with Gasteiger partial charge in [0, 0.05) is 50.8 Å². The molecule has 6 heteroatoms. The topological polar surface area (TPSA) is 58.4 Å². The highest BCUT2D eigenvalue weighted by Crippen LogP contribution is 2.39. The number of hydrogen-bond acceptors (Lipinski definition) is 3. The third kappa shape index (κ3) is 3.72. The molecule has 1 aromatic heterocycles. The molecular formula is C19H30N4O2. The van der Waals surface area contributed by atoms with Crippen molar-refractivity contribution in [1.29, 1.82) is 0 Å². The van der Waals surface area contributed by atoms with E-state index < -0.39 is 0 Å². The first-order valence-electron chi connectivity index (χ1n) is 9.67. The zero-order valence-corrected chi connectivity index (χ0v) is 15.5. The normalized spacial score (nSPS) is 24.2. The van der Waals surface area contributed by atoms with E-state index in [2.05, 4.69) is 12.0 Å². The van der Waals surface area contributed by atoms with Crippen molar-refractivity contribution in [2.24, 2.45) is 5.41 Å². The average molecular weight is 346 g/mol. The minimum absolute atomic E-state index is 0.0760. The van der Waals surface area contributed by atoms with Gasteiger partial charge in [0.25, 0.3) is 5.91 Å². The molecule has 2 fully saturated rings. The molecule has 0 aliphatic carbocycles. The van der Waals surface area contributed by atoms with Gasteiger partial charge in [0.15, 0.2) is 0 Å². The summed E-state index contributed by atoms with van der Waals surface area (Å²) in [6.45, 7) is 8.08. The van der Waals surface area contributed by atoms with E-state index in [0.29, 0.717) is 18.7 Å². The first-order valence-corrected chi connectivity index (χ1v) is 9.67. The number of carbonyl (C=O) groups is 2. The maximum atomic E-state index is 13.0. The van der Waals surface area contributed by atoms with E-state index in [1.807, 2.05) is 22.8 Å². The smallest absolute Gasteiger partial charge is 0.272 e. The number of hydrogen-bond donors (Lipinski definition) is 0. The van der Waals surface area contributed by atoms with Crippen LogP contribution < -0.4 is 0 Å². The Labute approximate surface area is 150 Å². The van der Waals surface area contributed by atoms with Crippen LogP contribution in [0.5, 0.6) is 0 Å². The van der Waals surface area contributed by atoms with E-state index in [1.165, 1.54) is 0 Å². The Bertz CT molecular complexity index is 627. The van der Waals surface area contributed by atoms with Gasteiger partial charge in [0.1, 0.15) is 5.69 Å². The van der Waals surface area contributed by atoms with Gasteiger partial charge in [-0.2, -0.15) is 5.10 Å². The van der Waals surface area contributed by atoms with E-state index in [0.717, 1.165) is 58.3 Å². The fourth-order valence-corrected chi connectivity index (χ4v) is 4.30. The molecule has 1 unspecified atom stereocenters. The third-order valence-corrected chi connectivity index (χ3v) is 5.71. The quantitative estimate of drug-likeness (QED) is 0.823. The molecule has 1 aromatic rings. The Morgan fingerprint density at radius 2 is 2.12 bits per heavy atom. The van der Waals surface area contributed by atoms with Gasteiger partial charge in [-0.3, -0.25) is 14.3 Å². The Morgan fingerprint density at radius 1 is 1.28 bits per heavy atom. The summed E-state index contributed by atoms with van der Waals surface area (Å²) in [5.74, 6) is 0.363. The molecule has 0 N–H and O–H groups in total. The van der Waals surface area contributed by atoms with Crippen molar-refractivity contribution in [1.82, 2.24) is 19.6 Å². The molecule has 6 nitrogen and oxygen atoms in total. The number of likely N-dealkylation sites (tertiary alicyclic amines) is 2. The Hall–Kier alpha value is -1.85. The maximum Gasteiger partial charge on any atom is 0.272 e. The van der Waals surface area contributed by atoms with Crippen molar-refractivity contribution in [2.75, 3.05) is 26.2 Å². The van der Waals surface area contributed by atoms with Crippen LogP contribution in [0.15, 0.2) is 12.3 Å². The van der Waals surface area contributed by atoms with Crippen LogP contribution in [0.2, 0.25) is 0 Å². The monoisotopic (exact) mass is 346 g/mol. The zero-order valence-electron chi connectivity index (χ0n) is 15.5. The van der Waals surface area contributed by atoms with E-state index in [-0.39, 0.29) is 17.2 Å². The van der Waals surface area contributed by atoms with Crippen molar-refractivity contribution in [2.45, 2.75) is 58.9 Å². The lowest BCUT2D eigenvalue weighted by atomic mass is 9.73. The van der Waals surface area contributed by atoms with Crippen molar-refractivity contribution >= 4 is 11.8 Å². The Morgan fingerprint density at radius 3 is 2.88 bits per heavy atom. The van der Waals surface area contributed by atoms with Crippen LogP contribution in [0.25, 0.3) is 0 Å². The molecule has 25 heavy (non-hydrogen) atoms. The van der Waals surface area contributed by atoms with Crippen LogP contribution in [0.1, 0.15) is 62.9 Å².